The van der Waals surface area contributed by atoms with Gasteiger partial charge in [0.1, 0.15) is 5.92 Å². The molecule has 0 spiro atoms. The first-order valence-electron chi connectivity index (χ1n) is 12.3. The lowest BCUT2D eigenvalue weighted by atomic mass is 9.69. The van der Waals surface area contributed by atoms with Gasteiger partial charge >= 0.3 is 5.97 Å². The van der Waals surface area contributed by atoms with Gasteiger partial charge in [0.2, 0.25) is 0 Å². The molecule has 2 aromatic rings. The Hall–Kier alpha value is -3.06. The van der Waals surface area contributed by atoms with Crippen molar-refractivity contribution in [1.82, 2.24) is 0 Å². The van der Waals surface area contributed by atoms with Gasteiger partial charge in [-0.25, -0.2) is 0 Å². The number of esters is 1. The molecule has 7 heteroatoms. The molecular weight excluding hydrogens is 474 g/mol. The zero-order chi connectivity index (χ0) is 25.8. The number of rotatable bonds is 8. The molecule has 2 aromatic carbocycles. The van der Waals surface area contributed by atoms with Gasteiger partial charge in [-0.1, -0.05) is 25.1 Å². The van der Waals surface area contributed by atoms with Crippen LogP contribution in [0.1, 0.15) is 56.1 Å². The Morgan fingerprint density at radius 2 is 1.72 bits per heavy atom. The van der Waals surface area contributed by atoms with Crippen molar-refractivity contribution in [3.05, 3.63) is 64.9 Å². The number of hydrogen-bond donors (Lipinski definition) is 0. The monoisotopic (exact) mass is 507 g/mol. The SMILES string of the molecule is CCCOC(=O)C1C(C)=NC2=C(C(=O)C[C@H](c3ccc(OC)c(OC)c3)C2)[C@H]1c1ccc(SC)cc1. The zero-order valence-electron chi connectivity index (χ0n) is 21.5. The summed E-state index contributed by atoms with van der Waals surface area (Å²) in [6, 6.07) is 13.9. The fourth-order valence-electron chi connectivity index (χ4n) is 5.17. The average molecular weight is 508 g/mol. The first kappa shape index (κ1) is 26.0. The van der Waals surface area contributed by atoms with Crippen LogP contribution in [0.15, 0.2) is 63.6 Å². The Bertz CT molecular complexity index is 1200. The molecule has 1 heterocycles. The third kappa shape index (κ3) is 5.07. The Labute approximate surface area is 217 Å². The van der Waals surface area contributed by atoms with Crippen LogP contribution in [0, 0.1) is 5.92 Å². The first-order valence-corrected chi connectivity index (χ1v) is 13.5. The quantitative estimate of drug-likeness (QED) is 0.325. The van der Waals surface area contributed by atoms with Crippen molar-refractivity contribution in [3.63, 3.8) is 0 Å². The van der Waals surface area contributed by atoms with E-state index in [-0.39, 0.29) is 17.7 Å². The summed E-state index contributed by atoms with van der Waals surface area (Å²) in [5.74, 6) is -0.0599. The largest absolute Gasteiger partial charge is 0.493 e. The maximum absolute atomic E-state index is 13.7. The van der Waals surface area contributed by atoms with Crippen molar-refractivity contribution < 1.29 is 23.8 Å². The molecule has 0 radical (unpaired) electrons. The van der Waals surface area contributed by atoms with Crippen molar-refractivity contribution in [1.29, 1.82) is 0 Å². The molecule has 0 saturated carbocycles. The van der Waals surface area contributed by atoms with Gasteiger partial charge < -0.3 is 14.2 Å². The van der Waals surface area contributed by atoms with Gasteiger partial charge in [-0.3, -0.25) is 14.6 Å². The van der Waals surface area contributed by atoms with Crippen LogP contribution in [0.3, 0.4) is 0 Å². The van der Waals surface area contributed by atoms with E-state index in [0.29, 0.717) is 42.2 Å². The lowest BCUT2D eigenvalue weighted by Gasteiger charge is -2.36. The highest BCUT2D eigenvalue weighted by Gasteiger charge is 2.44. The Kier molecular flexibility index (Phi) is 8.19. The number of benzene rings is 2. The lowest BCUT2D eigenvalue weighted by molar-refractivity contribution is -0.146. The Morgan fingerprint density at radius 3 is 2.36 bits per heavy atom. The smallest absolute Gasteiger partial charge is 0.315 e. The van der Waals surface area contributed by atoms with E-state index in [0.717, 1.165) is 28.1 Å². The van der Waals surface area contributed by atoms with E-state index in [1.165, 1.54) is 0 Å². The number of carbonyl (C=O) groups excluding carboxylic acids is 2. The Morgan fingerprint density at radius 1 is 1.03 bits per heavy atom. The Balaban J connectivity index is 1.75. The summed E-state index contributed by atoms with van der Waals surface area (Å²) in [6.07, 6.45) is 3.72. The molecule has 0 aromatic heterocycles. The number of Topliss-reactive ketones (excluding diaryl/α,β-unsaturated/α-hetero) is 1. The summed E-state index contributed by atoms with van der Waals surface area (Å²) < 4.78 is 16.4. The minimum Gasteiger partial charge on any atom is -0.493 e. The van der Waals surface area contributed by atoms with Crippen LogP contribution < -0.4 is 9.47 Å². The van der Waals surface area contributed by atoms with Crippen molar-refractivity contribution in [2.45, 2.75) is 49.8 Å². The molecule has 2 aliphatic rings. The van der Waals surface area contributed by atoms with Crippen LogP contribution in [-0.4, -0.2) is 44.5 Å². The van der Waals surface area contributed by atoms with Crippen LogP contribution in [0.5, 0.6) is 11.5 Å². The topological polar surface area (TPSA) is 74.2 Å². The number of aliphatic imine (C=N–C) groups is 1. The molecule has 0 fully saturated rings. The molecule has 3 atom stereocenters. The molecule has 1 aliphatic heterocycles. The molecule has 1 aliphatic carbocycles. The van der Waals surface area contributed by atoms with Gasteiger partial charge in [0.05, 0.1) is 20.8 Å². The third-order valence-corrected chi connectivity index (χ3v) is 7.69. The molecule has 4 rings (SSSR count). The lowest BCUT2D eigenvalue weighted by Crippen LogP contribution is -2.38. The number of methoxy groups -OCH3 is 2. The second-order valence-electron chi connectivity index (χ2n) is 9.15. The minimum atomic E-state index is -0.614. The van der Waals surface area contributed by atoms with E-state index in [1.54, 1.807) is 26.0 Å². The summed E-state index contributed by atoms with van der Waals surface area (Å²) >= 11 is 1.66. The molecule has 0 amide bonds. The number of carbonyl (C=O) groups is 2. The molecule has 6 nitrogen and oxygen atoms in total. The molecule has 190 valence electrons. The van der Waals surface area contributed by atoms with Gasteiger partial charge in [-0.2, -0.15) is 0 Å². The summed E-state index contributed by atoms with van der Waals surface area (Å²) in [7, 11) is 3.21. The van der Waals surface area contributed by atoms with Crippen LogP contribution in [0.25, 0.3) is 0 Å². The molecule has 1 unspecified atom stereocenters. The van der Waals surface area contributed by atoms with Crippen molar-refractivity contribution in [2.75, 3.05) is 27.1 Å². The van der Waals surface area contributed by atoms with Gasteiger partial charge in [0.25, 0.3) is 0 Å². The second-order valence-corrected chi connectivity index (χ2v) is 10.0. The van der Waals surface area contributed by atoms with E-state index in [9.17, 15) is 9.59 Å². The summed E-state index contributed by atoms with van der Waals surface area (Å²) in [5, 5.41) is 0. The van der Waals surface area contributed by atoms with Crippen molar-refractivity contribution in [3.8, 4) is 11.5 Å². The van der Waals surface area contributed by atoms with Crippen LogP contribution in [0.4, 0.5) is 0 Å². The van der Waals surface area contributed by atoms with E-state index >= 15 is 0 Å². The highest BCUT2D eigenvalue weighted by atomic mass is 32.2. The van der Waals surface area contributed by atoms with Gasteiger partial charge in [0, 0.05) is 34.2 Å². The zero-order valence-corrected chi connectivity index (χ0v) is 22.3. The number of ether oxygens (including phenoxy) is 3. The summed E-state index contributed by atoms with van der Waals surface area (Å²) in [4.78, 5) is 32.9. The maximum Gasteiger partial charge on any atom is 0.315 e. The fraction of sp³-hybridized carbons (Fsp3) is 0.414. The predicted molar refractivity (Wildman–Crippen MR) is 142 cm³/mol. The van der Waals surface area contributed by atoms with Gasteiger partial charge in [-0.05, 0) is 67.3 Å². The second kappa shape index (κ2) is 11.3. The number of nitrogens with zero attached hydrogens (tertiary/aromatic N) is 1. The molecule has 36 heavy (non-hydrogen) atoms. The number of thioether (sulfide) groups is 1. The number of allylic oxidation sites excluding steroid dienone is 2. The number of ketones is 1. The fourth-order valence-corrected chi connectivity index (χ4v) is 5.58. The molecular formula is C29H33NO5S. The molecule has 0 saturated heterocycles. The van der Waals surface area contributed by atoms with E-state index in [2.05, 4.69) is 0 Å². The standard InChI is InChI=1S/C29H33NO5S/c1-6-13-35-29(32)26-17(2)30-22-14-20(19-9-12-24(33-3)25(16-19)34-4)15-23(31)28(22)27(26)18-7-10-21(36-5)11-8-18/h7-12,16,20,26-27H,6,13-15H2,1-5H3/t20-,26?,27+/m1/s1. The average Bonchev–Trinajstić information content (AvgIpc) is 2.90. The van der Waals surface area contributed by atoms with Gasteiger partial charge in [-0.15, -0.1) is 11.8 Å². The maximum atomic E-state index is 13.7. The number of hydrogen-bond acceptors (Lipinski definition) is 7. The summed E-state index contributed by atoms with van der Waals surface area (Å²) in [5.41, 5.74) is 4.04. The van der Waals surface area contributed by atoms with Crippen molar-refractivity contribution in [2.24, 2.45) is 10.9 Å². The van der Waals surface area contributed by atoms with Crippen LogP contribution in [-0.2, 0) is 14.3 Å². The van der Waals surface area contributed by atoms with Crippen LogP contribution in [0.2, 0.25) is 0 Å². The van der Waals surface area contributed by atoms with E-state index < -0.39 is 11.8 Å². The normalized spacial score (nSPS) is 21.5. The van der Waals surface area contributed by atoms with E-state index in [1.807, 2.05) is 62.6 Å². The highest BCUT2D eigenvalue weighted by molar-refractivity contribution is 7.98. The minimum absolute atomic E-state index is 0.0273. The summed E-state index contributed by atoms with van der Waals surface area (Å²) in [6.45, 7) is 4.19. The predicted octanol–water partition coefficient (Wildman–Crippen LogP) is 5.95. The molecule has 0 N–H and O–H groups in total. The first-order chi connectivity index (χ1) is 17.4. The third-order valence-electron chi connectivity index (χ3n) is 6.94. The van der Waals surface area contributed by atoms with Crippen LogP contribution >= 0.6 is 11.8 Å². The van der Waals surface area contributed by atoms with Gasteiger partial charge in [0.15, 0.2) is 17.3 Å². The highest BCUT2D eigenvalue weighted by Crippen LogP contribution is 2.47. The van der Waals surface area contributed by atoms with Crippen molar-refractivity contribution >= 4 is 29.2 Å². The van der Waals surface area contributed by atoms with E-state index in [4.69, 9.17) is 19.2 Å². The molecule has 0 bridgehead atoms.